The molecule has 2 aliphatic rings. The lowest BCUT2D eigenvalue weighted by Crippen LogP contribution is -2.47. The van der Waals surface area contributed by atoms with Crippen LogP contribution in [0.2, 0.25) is 0 Å². The van der Waals surface area contributed by atoms with Crippen LogP contribution < -0.4 is 14.4 Å². The molecule has 2 aliphatic heterocycles. The highest BCUT2D eigenvalue weighted by Crippen LogP contribution is 2.37. The fourth-order valence-electron chi connectivity index (χ4n) is 3.25. The Bertz CT molecular complexity index is 959. The summed E-state index contributed by atoms with van der Waals surface area (Å²) in [5.74, 6) is 2.22. The van der Waals surface area contributed by atoms with Gasteiger partial charge in [-0.05, 0) is 49.7 Å². The van der Waals surface area contributed by atoms with Crippen molar-refractivity contribution in [3.8, 4) is 5.75 Å². The predicted octanol–water partition coefficient (Wildman–Crippen LogP) is 3.12. The summed E-state index contributed by atoms with van der Waals surface area (Å²) in [6.45, 7) is 1.77. The molecule has 0 radical (unpaired) electrons. The zero-order valence-corrected chi connectivity index (χ0v) is 17.1. The minimum absolute atomic E-state index is 0.233. The number of nitrogens with one attached hydrogen (secondary N) is 1. The van der Waals surface area contributed by atoms with Crippen LogP contribution in [0.15, 0.2) is 54.6 Å². The molecule has 4 rings (SSSR count). The van der Waals surface area contributed by atoms with E-state index in [-0.39, 0.29) is 19.1 Å². The molecule has 0 saturated carbocycles. The van der Waals surface area contributed by atoms with Crippen LogP contribution in [-0.4, -0.2) is 43.2 Å². The number of anilines is 2. The number of carbonyl (C=O) groups excluding carboxylic acids is 1. The van der Waals surface area contributed by atoms with Crippen molar-refractivity contribution in [3.63, 3.8) is 0 Å². The van der Waals surface area contributed by atoms with E-state index in [9.17, 15) is 13.2 Å². The average molecular weight is 419 g/mol. The van der Waals surface area contributed by atoms with Crippen molar-refractivity contribution in [3.05, 3.63) is 54.6 Å². The number of ether oxygens (including phenoxy) is 1. The molecular weight excluding hydrogens is 396 g/mol. The molecule has 2 aromatic carbocycles. The lowest BCUT2D eigenvalue weighted by atomic mass is 10.1. The van der Waals surface area contributed by atoms with Gasteiger partial charge in [0.05, 0.1) is 5.69 Å². The van der Waals surface area contributed by atoms with Crippen molar-refractivity contribution < 1.29 is 17.9 Å². The maximum absolute atomic E-state index is 13.1. The molecule has 2 saturated heterocycles. The van der Waals surface area contributed by atoms with Gasteiger partial charge < -0.3 is 10.1 Å². The molecule has 0 spiro atoms. The normalized spacial score (nSPS) is 23.8. The molecule has 1 amide bonds. The number of rotatable bonds is 5. The second kappa shape index (κ2) is 7.33. The van der Waals surface area contributed by atoms with Crippen molar-refractivity contribution in [1.82, 2.24) is 0 Å². The number of sulfonamides is 1. The molecule has 1 N–H and O–H groups in total. The zero-order chi connectivity index (χ0) is 19.8. The molecule has 0 unspecified atom stereocenters. The van der Waals surface area contributed by atoms with Gasteiger partial charge >= 0.3 is 0 Å². The largest absolute Gasteiger partial charge is 0.489 e. The molecule has 1 atom stereocenters. The Hall–Kier alpha value is -2.19. The van der Waals surface area contributed by atoms with Gasteiger partial charge in [-0.25, -0.2) is 8.42 Å². The molecule has 28 heavy (non-hydrogen) atoms. The lowest BCUT2D eigenvalue weighted by molar-refractivity contribution is -0.118. The Kier molecular flexibility index (Phi) is 5.01. The number of thioether (sulfide) groups is 1. The van der Waals surface area contributed by atoms with Crippen LogP contribution in [-0.2, 0) is 14.8 Å². The van der Waals surface area contributed by atoms with Crippen molar-refractivity contribution in [2.45, 2.75) is 24.2 Å². The highest BCUT2D eigenvalue weighted by Gasteiger charge is 2.54. The number of amides is 1. The lowest BCUT2D eigenvalue weighted by Gasteiger charge is -2.26. The summed E-state index contributed by atoms with van der Waals surface area (Å²) in [7, 11) is -3.83. The van der Waals surface area contributed by atoms with E-state index >= 15 is 0 Å². The minimum Gasteiger partial charge on any atom is -0.489 e. The average Bonchev–Trinajstić information content (AvgIpc) is 2.91. The molecule has 8 heteroatoms. The van der Waals surface area contributed by atoms with Crippen LogP contribution in [0.3, 0.4) is 0 Å². The van der Waals surface area contributed by atoms with E-state index in [0.29, 0.717) is 11.4 Å². The van der Waals surface area contributed by atoms with Crippen molar-refractivity contribution in [2.75, 3.05) is 27.7 Å². The van der Waals surface area contributed by atoms with Crippen LogP contribution in [0.1, 0.15) is 13.3 Å². The molecule has 0 aliphatic carbocycles. The number of benzene rings is 2. The fraction of sp³-hybridized carbons (Fsp3) is 0.350. The topological polar surface area (TPSA) is 75.7 Å². The molecule has 0 aromatic heterocycles. The van der Waals surface area contributed by atoms with Crippen molar-refractivity contribution in [2.24, 2.45) is 0 Å². The van der Waals surface area contributed by atoms with Crippen LogP contribution in [0.4, 0.5) is 11.4 Å². The van der Waals surface area contributed by atoms with Gasteiger partial charge in [0.15, 0.2) is 4.75 Å². The molecule has 0 bridgehead atoms. The van der Waals surface area contributed by atoms with Crippen molar-refractivity contribution in [1.29, 1.82) is 0 Å². The maximum atomic E-state index is 13.1. The van der Waals surface area contributed by atoms with Gasteiger partial charge in [-0.2, -0.15) is 11.8 Å². The predicted molar refractivity (Wildman–Crippen MR) is 113 cm³/mol. The number of para-hydroxylation sites is 1. The third-order valence-electron chi connectivity index (χ3n) is 5.20. The second-order valence-electron chi connectivity index (χ2n) is 7.15. The van der Waals surface area contributed by atoms with Crippen LogP contribution in [0.5, 0.6) is 5.75 Å². The van der Waals surface area contributed by atoms with Gasteiger partial charge in [-0.15, -0.1) is 0 Å². The van der Waals surface area contributed by atoms with E-state index in [2.05, 4.69) is 5.32 Å². The quantitative estimate of drug-likeness (QED) is 0.807. The first-order valence-corrected chi connectivity index (χ1v) is 11.7. The summed E-state index contributed by atoms with van der Waals surface area (Å²) in [4.78, 5) is 12.9. The number of carbonyl (C=O) groups is 1. The minimum atomic E-state index is -3.83. The standard InChI is InChI=1S/C20H22N2O4S2/c1-20(11-12-22(28(20,24)25)16-5-3-2-4-6-16)19(23)21-15-7-9-17(10-8-15)26-18-13-27-14-18/h2-10,18H,11-14H2,1H3,(H,21,23)/t20-/m1/s1. The van der Waals surface area contributed by atoms with Crippen molar-refractivity contribution >= 4 is 39.1 Å². The van der Waals surface area contributed by atoms with E-state index in [4.69, 9.17) is 4.74 Å². The first kappa shape index (κ1) is 19.1. The number of hydrogen-bond acceptors (Lipinski definition) is 5. The maximum Gasteiger partial charge on any atom is 0.249 e. The van der Waals surface area contributed by atoms with Gasteiger partial charge in [-0.1, -0.05) is 18.2 Å². The monoisotopic (exact) mass is 418 g/mol. The summed E-state index contributed by atoms with van der Waals surface area (Å²) in [5, 5.41) is 2.76. The SMILES string of the molecule is C[C@]1(C(=O)Nc2ccc(OC3CSC3)cc2)CCN(c2ccccc2)S1(=O)=O. The van der Waals surface area contributed by atoms with Gasteiger partial charge in [0.2, 0.25) is 15.9 Å². The molecule has 2 fully saturated rings. The number of hydrogen-bond donors (Lipinski definition) is 1. The van der Waals surface area contributed by atoms with E-state index in [1.54, 1.807) is 48.5 Å². The summed E-state index contributed by atoms with van der Waals surface area (Å²) in [6, 6.07) is 15.9. The molecule has 6 nitrogen and oxygen atoms in total. The van der Waals surface area contributed by atoms with Gasteiger partial charge in [0, 0.05) is 23.7 Å². The van der Waals surface area contributed by atoms with E-state index < -0.39 is 20.7 Å². The van der Waals surface area contributed by atoms with Gasteiger partial charge in [0.25, 0.3) is 0 Å². The third kappa shape index (κ3) is 3.35. The first-order chi connectivity index (χ1) is 13.4. The molecule has 2 heterocycles. The Morgan fingerprint density at radius 1 is 1.14 bits per heavy atom. The first-order valence-electron chi connectivity index (χ1n) is 9.13. The van der Waals surface area contributed by atoms with Crippen LogP contribution in [0.25, 0.3) is 0 Å². The second-order valence-corrected chi connectivity index (χ2v) is 10.5. The fourth-order valence-corrected chi connectivity index (χ4v) is 5.67. The highest BCUT2D eigenvalue weighted by atomic mass is 32.2. The molecule has 2 aromatic rings. The molecule has 148 valence electrons. The zero-order valence-electron chi connectivity index (χ0n) is 15.5. The summed E-state index contributed by atoms with van der Waals surface area (Å²) in [5.41, 5.74) is 1.13. The van der Waals surface area contributed by atoms with E-state index in [0.717, 1.165) is 17.3 Å². The van der Waals surface area contributed by atoms with Gasteiger partial charge in [-0.3, -0.25) is 9.10 Å². The summed E-state index contributed by atoms with van der Waals surface area (Å²) < 4.78 is 31.8. The Balaban J connectivity index is 1.48. The summed E-state index contributed by atoms with van der Waals surface area (Å²) >= 11 is 1.85. The van der Waals surface area contributed by atoms with E-state index in [1.165, 1.54) is 11.2 Å². The van der Waals surface area contributed by atoms with Crippen LogP contribution >= 0.6 is 11.8 Å². The smallest absolute Gasteiger partial charge is 0.249 e. The Labute approximate surface area is 169 Å². The highest BCUT2D eigenvalue weighted by molar-refractivity contribution is 8.00. The third-order valence-corrected chi connectivity index (χ3v) is 8.92. The van der Waals surface area contributed by atoms with Gasteiger partial charge in [0.1, 0.15) is 11.9 Å². The number of nitrogens with zero attached hydrogens (tertiary/aromatic N) is 1. The summed E-state index contributed by atoms with van der Waals surface area (Å²) in [6.07, 6.45) is 0.480. The van der Waals surface area contributed by atoms with Crippen LogP contribution in [0, 0.1) is 0 Å². The Morgan fingerprint density at radius 2 is 1.82 bits per heavy atom. The Morgan fingerprint density at radius 3 is 2.43 bits per heavy atom. The van der Waals surface area contributed by atoms with E-state index in [1.807, 2.05) is 17.8 Å². The molecular formula is C20H22N2O4S2.